The van der Waals surface area contributed by atoms with Crippen LogP contribution >= 0.6 is 0 Å². The van der Waals surface area contributed by atoms with Gasteiger partial charge in [0.2, 0.25) is 5.91 Å². The average Bonchev–Trinajstić information content (AvgIpc) is 3.12. The Morgan fingerprint density at radius 1 is 1.30 bits per heavy atom. The van der Waals surface area contributed by atoms with E-state index in [0.717, 1.165) is 69.3 Å². The molecule has 1 unspecified atom stereocenters. The Hall–Kier alpha value is -1.39. The van der Waals surface area contributed by atoms with E-state index in [2.05, 4.69) is 29.1 Å². The molecule has 1 saturated heterocycles. The summed E-state index contributed by atoms with van der Waals surface area (Å²) >= 11 is 0. The minimum absolute atomic E-state index is 0.117. The summed E-state index contributed by atoms with van der Waals surface area (Å²) in [5, 5.41) is 8.34. The molecule has 3 rings (SSSR count). The Bertz CT molecular complexity index is 559. The predicted octanol–water partition coefficient (Wildman–Crippen LogP) is 2.88. The van der Waals surface area contributed by atoms with Crippen molar-refractivity contribution in [3.8, 4) is 0 Å². The molecule has 23 heavy (non-hydrogen) atoms. The summed E-state index contributed by atoms with van der Waals surface area (Å²) in [5.41, 5.74) is 2.38. The van der Waals surface area contributed by atoms with Crippen LogP contribution in [0, 0.1) is 5.92 Å². The van der Waals surface area contributed by atoms with Gasteiger partial charge in [0.25, 0.3) is 0 Å². The molecule has 1 aliphatic carbocycles. The van der Waals surface area contributed by atoms with Crippen LogP contribution in [0.15, 0.2) is 0 Å². The fraction of sp³-hybridized carbons (Fsp3) is 0.833. The second-order valence-electron chi connectivity index (χ2n) is 7.36. The molecule has 1 aromatic rings. The van der Waals surface area contributed by atoms with E-state index in [1.165, 1.54) is 6.42 Å². The molecule has 128 valence electrons. The van der Waals surface area contributed by atoms with Crippen LogP contribution in [0.25, 0.3) is 0 Å². The molecule has 0 radical (unpaired) electrons. The number of carbonyl (C=O) groups excluding carboxylic acids is 1. The zero-order valence-corrected chi connectivity index (χ0v) is 14.8. The Morgan fingerprint density at radius 2 is 2.04 bits per heavy atom. The number of rotatable bonds is 5. The largest absolute Gasteiger partial charge is 0.337 e. The van der Waals surface area contributed by atoms with E-state index in [9.17, 15) is 4.79 Å². The van der Waals surface area contributed by atoms with Crippen molar-refractivity contribution in [1.82, 2.24) is 19.9 Å². The highest BCUT2D eigenvalue weighted by atomic mass is 16.2. The molecule has 1 fully saturated rings. The van der Waals surface area contributed by atoms with Crippen molar-refractivity contribution in [3.63, 3.8) is 0 Å². The second kappa shape index (κ2) is 6.62. The monoisotopic (exact) mass is 318 g/mol. The molecular weight excluding hydrogens is 288 g/mol. The average molecular weight is 318 g/mol. The SMILES string of the molecule is CCCC1(CCC)CCCN1C(=O)C1CCc2nnn(C)c2C1. The molecule has 0 saturated carbocycles. The van der Waals surface area contributed by atoms with Crippen LogP contribution < -0.4 is 0 Å². The molecule has 2 heterocycles. The zero-order chi connectivity index (χ0) is 16.4. The highest BCUT2D eigenvalue weighted by Crippen LogP contribution is 2.39. The smallest absolute Gasteiger partial charge is 0.226 e. The highest BCUT2D eigenvalue weighted by molar-refractivity contribution is 5.80. The number of fused-ring (bicyclic) bond motifs is 1. The molecule has 2 aliphatic rings. The zero-order valence-electron chi connectivity index (χ0n) is 14.8. The first-order chi connectivity index (χ1) is 11.1. The van der Waals surface area contributed by atoms with Gasteiger partial charge in [0.1, 0.15) is 0 Å². The number of hydrogen-bond donors (Lipinski definition) is 0. The van der Waals surface area contributed by atoms with E-state index in [0.29, 0.717) is 5.91 Å². The van der Waals surface area contributed by atoms with Gasteiger partial charge in [0.15, 0.2) is 0 Å². The molecular formula is C18H30N4O. The van der Waals surface area contributed by atoms with Gasteiger partial charge in [-0.05, 0) is 38.5 Å². The topological polar surface area (TPSA) is 51.0 Å². The normalized spacial score (nSPS) is 23.1. The van der Waals surface area contributed by atoms with Gasteiger partial charge >= 0.3 is 0 Å². The summed E-state index contributed by atoms with van der Waals surface area (Å²) in [6.45, 7) is 5.44. The lowest BCUT2D eigenvalue weighted by Gasteiger charge is -2.41. The van der Waals surface area contributed by atoms with Crippen LogP contribution in [0.1, 0.15) is 70.2 Å². The van der Waals surface area contributed by atoms with Crippen molar-refractivity contribution in [1.29, 1.82) is 0 Å². The minimum atomic E-state index is 0.117. The molecule has 5 nitrogen and oxygen atoms in total. The maximum atomic E-state index is 13.3. The lowest BCUT2D eigenvalue weighted by Crippen LogP contribution is -2.50. The van der Waals surface area contributed by atoms with E-state index in [4.69, 9.17) is 0 Å². The quantitative estimate of drug-likeness (QED) is 0.839. The van der Waals surface area contributed by atoms with Crippen molar-refractivity contribution >= 4 is 5.91 Å². The highest BCUT2D eigenvalue weighted by Gasteiger charge is 2.44. The van der Waals surface area contributed by atoms with Crippen molar-refractivity contribution in [2.75, 3.05) is 6.54 Å². The van der Waals surface area contributed by atoms with Crippen LogP contribution in [0.2, 0.25) is 0 Å². The van der Waals surface area contributed by atoms with Crippen molar-refractivity contribution in [2.24, 2.45) is 13.0 Å². The molecule has 0 spiro atoms. The molecule has 5 heteroatoms. The first-order valence-corrected chi connectivity index (χ1v) is 9.30. The third-order valence-electron chi connectivity index (χ3n) is 5.84. The van der Waals surface area contributed by atoms with E-state index < -0.39 is 0 Å². The summed E-state index contributed by atoms with van der Waals surface area (Å²) in [6, 6.07) is 0. The molecule has 1 atom stereocenters. The Balaban J connectivity index is 1.78. The van der Waals surface area contributed by atoms with Crippen LogP contribution in [0.4, 0.5) is 0 Å². The third kappa shape index (κ3) is 2.90. The summed E-state index contributed by atoms with van der Waals surface area (Å²) in [6.07, 6.45) is 9.59. The molecule has 0 bridgehead atoms. The van der Waals surface area contributed by atoms with E-state index in [1.54, 1.807) is 0 Å². The molecule has 0 aromatic carbocycles. The number of aryl methyl sites for hydroxylation is 2. The van der Waals surface area contributed by atoms with E-state index >= 15 is 0 Å². The number of aromatic nitrogens is 3. The molecule has 1 aliphatic heterocycles. The van der Waals surface area contributed by atoms with Gasteiger partial charge in [-0.1, -0.05) is 31.9 Å². The van der Waals surface area contributed by atoms with Crippen LogP contribution in [-0.2, 0) is 24.7 Å². The first kappa shape index (κ1) is 16.5. The fourth-order valence-corrected chi connectivity index (χ4v) is 4.80. The predicted molar refractivity (Wildman–Crippen MR) is 90.0 cm³/mol. The molecule has 1 amide bonds. The maximum absolute atomic E-state index is 13.3. The third-order valence-corrected chi connectivity index (χ3v) is 5.84. The van der Waals surface area contributed by atoms with Crippen molar-refractivity contribution < 1.29 is 4.79 Å². The van der Waals surface area contributed by atoms with Gasteiger partial charge in [-0.15, -0.1) is 5.10 Å². The Morgan fingerprint density at radius 3 is 2.74 bits per heavy atom. The van der Waals surface area contributed by atoms with Crippen molar-refractivity contribution in [2.45, 2.75) is 77.2 Å². The fourth-order valence-electron chi connectivity index (χ4n) is 4.80. The van der Waals surface area contributed by atoms with Gasteiger partial charge in [-0.2, -0.15) is 0 Å². The van der Waals surface area contributed by atoms with E-state index in [1.807, 2.05) is 11.7 Å². The van der Waals surface area contributed by atoms with Gasteiger partial charge in [-0.3, -0.25) is 9.48 Å². The first-order valence-electron chi connectivity index (χ1n) is 9.30. The maximum Gasteiger partial charge on any atom is 0.226 e. The number of nitrogens with zero attached hydrogens (tertiary/aromatic N) is 4. The van der Waals surface area contributed by atoms with E-state index in [-0.39, 0.29) is 11.5 Å². The van der Waals surface area contributed by atoms with Crippen molar-refractivity contribution in [3.05, 3.63) is 11.4 Å². The molecule has 1 aromatic heterocycles. The van der Waals surface area contributed by atoms with Gasteiger partial charge in [0.05, 0.1) is 11.4 Å². The number of hydrogen-bond acceptors (Lipinski definition) is 3. The summed E-state index contributed by atoms with van der Waals surface area (Å²) in [5.74, 6) is 0.502. The minimum Gasteiger partial charge on any atom is -0.337 e. The Labute approximate surface area is 139 Å². The summed E-state index contributed by atoms with van der Waals surface area (Å²) in [7, 11) is 1.94. The van der Waals surface area contributed by atoms with Crippen LogP contribution in [0.3, 0.4) is 0 Å². The Kier molecular flexibility index (Phi) is 4.74. The lowest BCUT2D eigenvalue weighted by molar-refractivity contribution is -0.140. The van der Waals surface area contributed by atoms with Gasteiger partial charge in [0, 0.05) is 31.5 Å². The summed E-state index contributed by atoms with van der Waals surface area (Å²) < 4.78 is 1.85. The van der Waals surface area contributed by atoms with Crippen LogP contribution in [-0.4, -0.2) is 37.9 Å². The standard InChI is InChI=1S/C18H30N4O/c1-4-9-18(10-5-2)11-6-12-22(18)17(23)14-7-8-15-16(13-14)21(3)20-19-15/h14H,4-13H2,1-3H3. The lowest BCUT2D eigenvalue weighted by atomic mass is 9.83. The second-order valence-corrected chi connectivity index (χ2v) is 7.36. The number of likely N-dealkylation sites (tertiary alicyclic amines) is 1. The van der Waals surface area contributed by atoms with Crippen LogP contribution in [0.5, 0.6) is 0 Å². The summed E-state index contributed by atoms with van der Waals surface area (Å²) in [4.78, 5) is 15.5. The van der Waals surface area contributed by atoms with Gasteiger partial charge in [-0.25, -0.2) is 0 Å². The molecule has 0 N–H and O–H groups in total. The number of carbonyl (C=O) groups is 1. The van der Waals surface area contributed by atoms with Gasteiger partial charge < -0.3 is 4.90 Å². The number of amides is 1.